The molecule has 2 saturated heterocycles. The molecule has 4 rings (SSSR count). The van der Waals surface area contributed by atoms with Crippen LogP contribution in [0.4, 0.5) is 5.69 Å². The van der Waals surface area contributed by atoms with E-state index in [9.17, 15) is 29.6 Å². The predicted octanol–water partition coefficient (Wildman–Crippen LogP) is 2.19. The zero-order valence-electron chi connectivity index (χ0n) is 16.1. The third-order valence-electron chi connectivity index (χ3n) is 5.83. The molecule has 2 aliphatic heterocycles. The van der Waals surface area contributed by atoms with Crippen LogP contribution in [0, 0.1) is 22.0 Å². The van der Waals surface area contributed by atoms with Gasteiger partial charge in [0, 0.05) is 18.7 Å². The molecule has 4 atom stereocenters. The molecule has 2 fully saturated rings. The number of carboxylic acid groups (broad SMARTS) is 1. The molecule has 4 unspecified atom stereocenters. The summed E-state index contributed by atoms with van der Waals surface area (Å²) in [6, 6.07) is 11.2. The van der Waals surface area contributed by atoms with Gasteiger partial charge in [0.05, 0.1) is 16.8 Å². The molecule has 0 aromatic heterocycles. The van der Waals surface area contributed by atoms with Crippen LogP contribution in [0.3, 0.4) is 0 Å². The van der Waals surface area contributed by atoms with E-state index in [0.717, 1.165) is 10.5 Å². The maximum Gasteiger partial charge on any atom is 0.321 e. The lowest BCUT2D eigenvalue weighted by atomic mass is 9.86. The van der Waals surface area contributed by atoms with Crippen molar-refractivity contribution in [2.45, 2.75) is 18.5 Å². The second-order valence-electron chi connectivity index (χ2n) is 7.54. The molecule has 0 saturated carbocycles. The number of nitro benzene ring substituents is 1. The molecule has 2 N–H and O–H groups in total. The number of carbonyl (C=O) groups excluding carboxylic acids is 2. The summed E-state index contributed by atoms with van der Waals surface area (Å²) in [5.74, 6) is -4.33. The fraction of sp³-hybridized carbons (Fsp3) is 0.286. The Morgan fingerprint density at radius 3 is 2.45 bits per heavy atom. The van der Waals surface area contributed by atoms with Crippen LogP contribution >= 0.6 is 11.6 Å². The zero-order chi connectivity index (χ0) is 22.3. The van der Waals surface area contributed by atoms with Gasteiger partial charge in [-0.15, -0.1) is 0 Å². The summed E-state index contributed by atoms with van der Waals surface area (Å²) < 4.78 is 0. The number of likely N-dealkylation sites (tertiary alicyclic amines) is 1. The fourth-order valence-corrected chi connectivity index (χ4v) is 4.56. The Kier molecular flexibility index (Phi) is 5.47. The van der Waals surface area contributed by atoms with Crippen LogP contribution in [0.2, 0.25) is 5.02 Å². The summed E-state index contributed by atoms with van der Waals surface area (Å²) in [4.78, 5) is 49.7. The van der Waals surface area contributed by atoms with Crippen molar-refractivity contribution in [1.82, 2.24) is 10.2 Å². The summed E-state index contributed by atoms with van der Waals surface area (Å²) in [6.45, 7) is 0.133. The van der Waals surface area contributed by atoms with Crippen molar-refractivity contribution in [1.29, 1.82) is 0 Å². The van der Waals surface area contributed by atoms with Crippen LogP contribution in [0.15, 0.2) is 48.5 Å². The summed E-state index contributed by atoms with van der Waals surface area (Å²) in [5, 5.41) is 23.6. The molecule has 9 nitrogen and oxygen atoms in total. The summed E-state index contributed by atoms with van der Waals surface area (Å²) in [6.07, 6.45) is 0.444. The second kappa shape index (κ2) is 8.09. The largest absolute Gasteiger partial charge is 0.480 e. The van der Waals surface area contributed by atoms with Gasteiger partial charge in [-0.3, -0.25) is 34.7 Å². The summed E-state index contributed by atoms with van der Waals surface area (Å²) in [7, 11) is 0. The van der Waals surface area contributed by atoms with E-state index >= 15 is 0 Å². The number of hydrogen-bond donors (Lipinski definition) is 2. The van der Waals surface area contributed by atoms with Crippen LogP contribution in [-0.4, -0.2) is 45.3 Å². The number of nitro groups is 1. The molecule has 0 aliphatic carbocycles. The number of rotatable bonds is 6. The van der Waals surface area contributed by atoms with Gasteiger partial charge in [0.15, 0.2) is 0 Å². The van der Waals surface area contributed by atoms with E-state index in [1.165, 1.54) is 18.2 Å². The molecule has 0 spiro atoms. The maximum atomic E-state index is 13.2. The van der Waals surface area contributed by atoms with Crippen LogP contribution in [0.25, 0.3) is 0 Å². The molecule has 2 aromatic carbocycles. The highest BCUT2D eigenvalue weighted by molar-refractivity contribution is 6.32. The Morgan fingerprint density at radius 2 is 1.81 bits per heavy atom. The third-order valence-corrected chi connectivity index (χ3v) is 6.15. The number of carbonyl (C=O) groups is 3. The van der Waals surface area contributed by atoms with Crippen molar-refractivity contribution < 1.29 is 24.4 Å². The van der Waals surface area contributed by atoms with E-state index in [0.29, 0.717) is 12.0 Å². The van der Waals surface area contributed by atoms with Crippen molar-refractivity contribution in [2.24, 2.45) is 11.8 Å². The normalized spacial score (nSPS) is 25.0. The van der Waals surface area contributed by atoms with Crippen molar-refractivity contribution in [3.63, 3.8) is 0 Å². The molecule has 0 bridgehead atoms. The molecule has 160 valence electrons. The van der Waals surface area contributed by atoms with Crippen molar-refractivity contribution in [2.75, 3.05) is 6.54 Å². The molecule has 31 heavy (non-hydrogen) atoms. The van der Waals surface area contributed by atoms with Crippen molar-refractivity contribution in [3.05, 3.63) is 74.8 Å². The van der Waals surface area contributed by atoms with E-state index in [2.05, 4.69) is 5.32 Å². The van der Waals surface area contributed by atoms with Gasteiger partial charge < -0.3 is 5.11 Å². The molecule has 0 radical (unpaired) electrons. The van der Waals surface area contributed by atoms with Crippen LogP contribution in [0.5, 0.6) is 0 Å². The molecular formula is C21H18ClN3O6. The molecular weight excluding hydrogens is 426 g/mol. The lowest BCUT2D eigenvalue weighted by Crippen LogP contribution is -2.43. The smallest absolute Gasteiger partial charge is 0.321 e. The van der Waals surface area contributed by atoms with Gasteiger partial charge in [0.2, 0.25) is 11.8 Å². The second-order valence-corrected chi connectivity index (χ2v) is 7.95. The first kappa shape index (κ1) is 21.0. The summed E-state index contributed by atoms with van der Waals surface area (Å²) >= 11 is 5.88. The molecule has 10 heteroatoms. The SMILES string of the molecule is O=C(O)C1NC(c2ccc(Cl)c([N+](=O)[O-])c2)C2C(=O)N(CCc3ccccc3)C(=O)C12. The zero-order valence-corrected chi connectivity index (χ0v) is 16.9. The maximum absolute atomic E-state index is 13.2. The fourth-order valence-electron chi connectivity index (χ4n) is 4.37. The molecule has 2 aliphatic rings. The predicted molar refractivity (Wildman–Crippen MR) is 109 cm³/mol. The Hall–Kier alpha value is -3.30. The van der Waals surface area contributed by atoms with E-state index in [4.69, 9.17) is 11.6 Å². The minimum absolute atomic E-state index is 0.0728. The van der Waals surface area contributed by atoms with Crippen LogP contribution < -0.4 is 5.32 Å². The number of halogens is 1. The number of nitrogens with zero attached hydrogens (tertiary/aromatic N) is 2. The standard InChI is InChI=1S/C21H18ClN3O6/c22-13-7-6-12(10-14(13)25(30)31)17-15-16(18(23-17)21(28)29)20(27)24(19(15)26)9-8-11-4-2-1-3-5-11/h1-7,10,15-18,23H,8-9H2,(H,28,29). The molecule has 2 heterocycles. The topological polar surface area (TPSA) is 130 Å². The first-order valence-corrected chi connectivity index (χ1v) is 9.99. The van der Waals surface area contributed by atoms with Crippen molar-refractivity contribution >= 4 is 35.1 Å². The Bertz CT molecular complexity index is 1080. The molecule has 2 aromatic rings. The molecule has 2 amide bonds. The minimum Gasteiger partial charge on any atom is -0.480 e. The van der Waals surface area contributed by atoms with E-state index < -0.39 is 46.6 Å². The first-order chi connectivity index (χ1) is 14.8. The average molecular weight is 444 g/mol. The minimum atomic E-state index is -1.28. The number of hydrogen-bond acceptors (Lipinski definition) is 6. The monoisotopic (exact) mass is 443 g/mol. The Balaban J connectivity index is 1.65. The number of benzene rings is 2. The number of carboxylic acids is 1. The van der Waals surface area contributed by atoms with Gasteiger partial charge in [-0.05, 0) is 23.6 Å². The number of fused-ring (bicyclic) bond motifs is 1. The highest BCUT2D eigenvalue weighted by Crippen LogP contribution is 2.45. The number of imide groups is 1. The van der Waals surface area contributed by atoms with Crippen molar-refractivity contribution in [3.8, 4) is 0 Å². The van der Waals surface area contributed by atoms with Gasteiger partial charge in [-0.25, -0.2) is 0 Å². The number of aliphatic carboxylic acids is 1. The average Bonchev–Trinajstić information content (AvgIpc) is 3.25. The number of nitrogens with one attached hydrogen (secondary N) is 1. The van der Waals surface area contributed by atoms with E-state index in [1.807, 2.05) is 30.3 Å². The van der Waals surface area contributed by atoms with E-state index in [-0.39, 0.29) is 17.3 Å². The first-order valence-electron chi connectivity index (χ1n) is 9.61. The van der Waals surface area contributed by atoms with E-state index in [1.54, 1.807) is 0 Å². The highest BCUT2D eigenvalue weighted by Gasteiger charge is 2.60. The summed E-state index contributed by atoms with van der Waals surface area (Å²) in [5.41, 5.74) is 0.924. The van der Waals surface area contributed by atoms with Crippen LogP contribution in [-0.2, 0) is 20.8 Å². The van der Waals surface area contributed by atoms with Gasteiger partial charge >= 0.3 is 5.97 Å². The quantitative estimate of drug-likeness (QED) is 0.397. The number of amides is 2. The highest BCUT2D eigenvalue weighted by atomic mass is 35.5. The van der Waals surface area contributed by atoms with Crippen LogP contribution in [0.1, 0.15) is 17.2 Å². The van der Waals surface area contributed by atoms with Gasteiger partial charge in [-0.1, -0.05) is 48.0 Å². The van der Waals surface area contributed by atoms with Gasteiger partial charge in [0.1, 0.15) is 11.1 Å². The van der Waals surface area contributed by atoms with Gasteiger partial charge in [-0.2, -0.15) is 0 Å². The lowest BCUT2D eigenvalue weighted by molar-refractivity contribution is -0.384. The Morgan fingerprint density at radius 1 is 1.13 bits per heavy atom. The lowest BCUT2D eigenvalue weighted by Gasteiger charge is -2.21. The van der Waals surface area contributed by atoms with Gasteiger partial charge in [0.25, 0.3) is 5.69 Å². The third kappa shape index (κ3) is 3.66. The Labute approximate surface area is 181 Å².